The van der Waals surface area contributed by atoms with Crippen LogP contribution in [-0.4, -0.2) is 15.7 Å². The smallest absolute Gasteiger partial charge is 0.292 e. The monoisotopic (exact) mass is 493 g/mol. The van der Waals surface area contributed by atoms with E-state index < -0.39 is 5.91 Å². The summed E-state index contributed by atoms with van der Waals surface area (Å²) in [5.74, 6) is 0.136. The first kappa shape index (κ1) is 22.2. The molecule has 1 amide bonds. The molecule has 0 atom stereocenters. The van der Waals surface area contributed by atoms with Crippen molar-refractivity contribution < 1.29 is 18.3 Å². The Labute approximate surface area is 197 Å². The van der Waals surface area contributed by atoms with E-state index in [1.165, 1.54) is 23.0 Å². The fourth-order valence-electron chi connectivity index (χ4n) is 2.85. The molecule has 0 aliphatic carbocycles. The highest BCUT2D eigenvalue weighted by Gasteiger charge is 2.16. The Bertz CT molecular complexity index is 1270. The molecule has 32 heavy (non-hydrogen) atoms. The summed E-state index contributed by atoms with van der Waals surface area (Å²) in [6.07, 6.45) is 1.50. The molecule has 4 rings (SSSR count). The lowest BCUT2D eigenvalue weighted by Gasteiger charge is -2.06. The number of rotatable bonds is 7. The standard InChI is InChI=1S/C22H15Cl3FN3O3/c23-14-5-7-19(16(24)9-14)31-12-15-6-8-20(32-15)22(30)27-21-17(25)11-29(28-21)10-13-3-1-2-4-18(13)26/h1-9,11H,10,12H2,(H,27,28,30). The lowest BCUT2D eigenvalue weighted by molar-refractivity contribution is 0.0992. The second kappa shape index (κ2) is 9.65. The van der Waals surface area contributed by atoms with Gasteiger partial charge in [0.1, 0.15) is 29.0 Å². The predicted molar refractivity (Wildman–Crippen MR) is 120 cm³/mol. The number of hydrogen-bond acceptors (Lipinski definition) is 4. The average Bonchev–Trinajstić information content (AvgIpc) is 3.36. The summed E-state index contributed by atoms with van der Waals surface area (Å²) in [7, 11) is 0. The zero-order valence-electron chi connectivity index (χ0n) is 16.3. The van der Waals surface area contributed by atoms with Crippen LogP contribution >= 0.6 is 34.8 Å². The van der Waals surface area contributed by atoms with Gasteiger partial charge in [0.15, 0.2) is 11.6 Å². The third-order valence-electron chi connectivity index (χ3n) is 4.39. The van der Waals surface area contributed by atoms with Gasteiger partial charge in [0, 0.05) is 16.8 Å². The average molecular weight is 495 g/mol. The Morgan fingerprint density at radius 3 is 2.69 bits per heavy atom. The second-order valence-electron chi connectivity index (χ2n) is 6.70. The van der Waals surface area contributed by atoms with Crippen LogP contribution in [0.1, 0.15) is 21.9 Å². The summed E-state index contributed by atoms with van der Waals surface area (Å²) in [4.78, 5) is 12.5. The molecule has 1 N–H and O–H groups in total. The molecule has 0 unspecified atom stereocenters. The van der Waals surface area contributed by atoms with E-state index in [9.17, 15) is 9.18 Å². The molecule has 0 aliphatic heterocycles. The van der Waals surface area contributed by atoms with Gasteiger partial charge in [0.05, 0.1) is 11.6 Å². The van der Waals surface area contributed by atoms with Crippen LogP contribution in [0.25, 0.3) is 0 Å². The maximum absolute atomic E-state index is 13.8. The molecule has 0 saturated heterocycles. The molecule has 2 aromatic carbocycles. The minimum atomic E-state index is -0.543. The van der Waals surface area contributed by atoms with Crippen molar-refractivity contribution in [3.63, 3.8) is 0 Å². The second-order valence-corrected chi connectivity index (χ2v) is 7.95. The molecule has 0 aliphatic rings. The number of carbonyl (C=O) groups excluding carboxylic acids is 1. The third kappa shape index (κ3) is 5.24. The number of hydrogen-bond donors (Lipinski definition) is 1. The summed E-state index contributed by atoms with van der Waals surface area (Å²) in [5, 5.41) is 7.86. The predicted octanol–water partition coefficient (Wildman–Crippen LogP) is 6.46. The molecule has 0 saturated carbocycles. The first-order chi connectivity index (χ1) is 15.4. The highest BCUT2D eigenvalue weighted by Crippen LogP contribution is 2.28. The van der Waals surface area contributed by atoms with Crippen molar-refractivity contribution in [2.75, 3.05) is 5.32 Å². The summed E-state index contributed by atoms with van der Waals surface area (Å²) >= 11 is 18.1. The minimum absolute atomic E-state index is 0.0468. The fourth-order valence-corrected chi connectivity index (χ4v) is 3.51. The summed E-state index contributed by atoms with van der Waals surface area (Å²) in [6.45, 7) is 0.227. The first-order valence-corrected chi connectivity index (χ1v) is 10.5. The topological polar surface area (TPSA) is 69.3 Å². The van der Waals surface area contributed by atoms with Crippen LogP contribution < -0.4 is 10.1 Å². The number of ether oxygens (including phenoxy) is 1. The van der Waals surface area contributed by atoms with Crippen molar-refractivity contribution in [1.29, 1.82) is 0 Å². The van der Waals surface area contributed by atoms with Crippen molar-refractivity contribution in [3.05, 3.63) is 98.8 Å². The summed E-state index contributed by atoms with van der Waals surface area (Å²) in [5.41, 5.74) is 0.445. The first-order valence-electron chi connectivity index (χ1n) is 9.33. The van der Waals surface area contributed by atoms with Crippen LogP contribution in [0, 0.1) is 5.82 Å². The van der Waals surface area contributed by atoms with E-state index in [4.69, 9.17) is 44.0 Å². The molecule has 2 heterocycles. The molecule has 2 aromatic heterocycles. The number of amides is 1. The number of nitrogens with one attached hydrogen (secondary N) is 1. The number of benzene rings is 2. The van der Waals surface area contributed by atoms with Gasteiger partial charge in [0.25, 0.3) is 5.91 Å². The molecule has 6 nitrogen and oxygen atoms in total. The minimum Gasteiger partial charge on any atom is -0.484 e. The summed E-state index contributed by atoms with van der Waals surface area (Å²) < 4.78 is 26.4. The van der Waals surface area contributed by atoms with Gasteiger partial charge in [-0.15, -0.1) is 0 Å². The van der Waals surface area contributed by atoms with Crippen LogP contribution in [0.15, 0.2) is 65.2 Å². The van der Waals surface area contributed by atoms with E-state index in [-0.39, 0.29) is 35.6 Å². The Hall–Kier alpha value is -3.00. The van der Waals surface area contributed by atoms with Gasteiger partial charge in [-0.3, -0.25) is 9.48 Å². The van der Waals surface area contributed by atoms with Crippen LogP contribution in [0.4, 0.5) is 10.2 Å². The maximum atomic E-state index is 13.8. The number of halogens is 4. The lowest BCUT2D eigenvalue weighted by Crippen LogP contribution is -2.12. The molecule has 164 valence electrons. The van der Waals surface area contributed by atoms with Crippen LogP contribution in [-0.2, 0) is 13.2 Å². The van der Waals surface area contributed by atoms with E-state index in [1.807, 2.05) is 0 Å². The lowest BCUT2D eigenvalue weighted by atomic mass is 10.2. The number of anilines is 1. The Balaban J connectivity index is 1.39. The highest BCUT2D eigenvalue weighted by molar-refractivity contribution is 6.35. The van der Waals surface area contributed by atoms with Crippen molar-refractivity contribution in [1.82, 2.24) is 9.78 Å². The van der Waals surface area contributed by atoms with E-state index in [1.54, 1.807) is 42.5 Å². The van der Waals surface area contributed by atoms with Crippen molar-refractivity contribution >= 4 is 46.5 Å². The van der Waals surface area contributed by atoms with E-state index >= 15 is 0 Å². The van der Waals surface area contributed by atoms with Gasteiger partial charge in [-0.25, -0.2) is 4.39 Å². The number of nitrogens with zero attached hydrogens (tertiary/aromatic N) is 2. The Kier molecular flexibility index (Phi) is 6.69. The molecule has 0 spiro atoms. The summed E-state index contributed by atoms with van der Waals surface area (Å²) in [6, 6.07) is 14.3. The molecular weight excluding hydrogens is 480 g/mol. The van der Waals surface area contributed by atoms with Gasteiger partial charge < -0.3 is 14.5 Å². The largest absolute Gasteiger partial charge is 0.484 e. The van der Waals surface area contributed by atoms with Gasteiger partial charge >= 0.3 is 0 Å². The molecule has 10 heteroatoms. The normalized spacial score (nSPS) is 10.9. The number of furan rings is 1. The van der Waals surface area contributed by atoms with Crippen LogP contribution in [0.2, 0.25) is 15.1 Å². The van der Waals surface area contributed by atoms with E-state index in [0.29, 0.717) is 27.1 Å². The van der Waals surface area contributed by atoms with Crippen LogP contribution in [0.3, 0.4) is 0 Å². The molecule has 0 bridgehead atoms. The third-order valence-corrected chi connectivity index (χ3v) is 5.20. The molecule has 0 fully saturated rings. The number of aromatic nitrogens is 2. The zero-order chi connectivity index (χ0) is 22.7. The van der Waals surface area contributed by atoms with Gasteiger partial charge in [-0.1, -0.05) is 53.0 Å². The van der Waals surface area contributed by atoms with Crippen molar-refractivity contribution in [3.8, 4) is 5.75 Å². The Morgan fingerprint density at radius 1 is 1.09 bits per heavy atom. The van der Waals surface area contributed by atoms with Crippen LogP contribution in [0.5, 0.6) is 5.75 Å². The Morgan fingerprint density at radius 2 is 1.91 bits per heavy atom. The van der Waals surface area contributed by atoms with Gasteiger partial charge in [0.2, 0.25) is 0 Å². The molecular formula is C22H15Cl3FN3O3. The maximum Gasteiger partial charge on any atom is 0.292 e. The van der Waals surface area contributed by atoms with E-state index in [2.05, 4.69) is 10.4 Å². The van der Waals surface area contributed by atoms with Crippen molar-refractivity contribution in [2.45, 2.75) is 13.2 Å². The van der Waals surface area contributed by atoms with Crippen molar-refractivity contribution in [2.24, 2.45) is 0 Å². The quantitative estimate of drug-likeness (QED) is 0.320. The molecule has 4 aromatic rings. The van der Waals surface area contributed by atoms with Gasteiger partial charge in [-0.2, -0.15) is 5.10 Å². The van der Waals surface area contributed by atoms with Gasteiger partial charge in [-0.05, 0) is 36.4 Å². The SMILES string of the molecule is O=C(Nc1nn(Cc2ccccc2F)cc1Cl)c1ccc(COc2ccc(Cl)cc2Cl)o1. The van der Waals surface area contributed by atoms with E-state index in [0.717, 1.165) is 0 Å². The highest BCUT2D eigenvalue weighted by atomic mass is 35.5. The molecule has 0 radical (unpaired) electrons. The number of carbonyl (C=O) groups is 1. The zero-order valence-corrected chi connectivity index (χ0v) is 18.6. The fraction of sp³-hybridized carbons (Fsp3) is 0.0909.